The summed E-state index contributed by atoms with van der Waals surface area (Å²) < 4.78 is 6.68. The van der Waals surface area contributed by atoms with Crippen molar-refractivity contribution >= 4 is 11.9 Å². The Balaban J connectivity index is 2.18. The molecule has 0 saturated heterocycles. The highest BCUT2D eigenvalue weighted by Gasteiger charge is 2.02. The molecule has 1 aromatic rings. The number of aryl methyl sites for hydroxylation is 3. The lowest BCUT2D eigenvalue weighted by Crippen LogP contribution is -2.37. The van der Waals surface area contributed by atoms with Crippen LogP contribution in [0.3, 0.4) is 0 Å². The molecule has 26 heavy (non-hydrogen) atoms. The monoisotopic (exact) mass is 365 g/mol. The molecule has 0 saturated carbocycles. The second-order valence-electron chi connectivity index (χ2n) is 6.43. The Bertz CT molecular complexity index is 554. The standard InChI is InChI=1S/C19H35N5O2/c1-5-20-19(21-12-9-7-6-8-11-18(25)26-4)22-13-10-14-24-17(3)15-16(2)23-24/h15H,5-14H2,1-4H3,(H2,20,21,22). The van der Waals surface area contributed by atoms with Gasteiger partial charge in [0.25, 0.3) is 0 Å². The third-order valence-corrected chi connectivity index (χ3v) is 4.07. The molecule has 0 bridgehead atoms. The number of aromatic nitrogens is 2. The van der Waals surface area contributed by atoms with E-state index in [-0.39, 0.29) is 5.97 Å². The summed E-state index contributed by atoms with van der Waals surface area (Å²) in [6.45, 7) is 9.57. The molecule has 7 heteroatoms. The van der Waals surface area contributed by atoms with Crippen LogP contribution in [0, 0.1) is 13.8 Å². The molecule has 0 spiro atoms. The molecule has 0 atom stereocenters. The molecule has 0 aliphatic carbocycles. The number of esters is 1. The first kappa shape index (κ1) is 22.0. The molecule has 148 valence electrons. The Labute approximate surface area is 157 Å². The van der Waals surface area contributed by atoms with Gasteiger partial charge in [-0.25, -0.2) is 0 Å². The molecule has 0 radical (unpaired) electrons. The first-order valence-electron chi connectivity index (χ1n) is 9.66. The number of guanidine groups is 1. The van der Waals surface area contributed by atoms with Crippen LogP contribution in [-0.4, -0.2) is 48.5 Å². The van der Waals surface area contributed by atoms with E-state index in [4.69, 9.17) is 0 Å². The van der Waals surface area contributed by atoms with Gasteiger partial charge in [-0.15, -0.1) is 0 Å². The van der Waals surface area contributed by atoms with Crippen molar-refractivity contribution in [2.45, 2.75) is 65.8 Å². The molecule has 0 aliphatic rings. The van der Waals surface area contributed by atoms with E-state index in [0.29, 0.717) is 6.42 Å². The first-order chi connectivity index (χ1) is 12.6. The lowest BCUT2D eigenvalue weighted by Gasteiger charge is -2.11. The molecule has 0 fully saturated rings. The maximum absolute atomic E-state index is 11.0. The Morgan fingerprint density at radius 1 is 1.19 bits per heavy atom. The van der Waals surface area contributed by atoms with E-state index in [2.05, 4.69) is 45.4 Å². The van der Waals surface area contributed by atoms with Gasteiger partial charge in [-0.05, 0) is 46.1 Å². The van der Waals surface area contributed by atoms with Crippen LogP contribution < -0.4 is 10.6 Å². The summed E-state index contributed by atoms with van der Waals surface area (Å²) in [7, 11) is 1.44. The van der Waals surface area contributed by atoms with Crippen LogP contribution in [0.5, 0.6) is 0 Å². The van der Waals surface area contributed by atoms with E-state index in [1.54, 1.807) is 0 Å². The van der Waals surface area contributed by atoms with Gasteiger partial charge in [-0.2, -0.15) is 5.10 Å². The summed E-state index contributed by atoms with van der Waals surface area (Å²) in [5.41, 5.74) is 2.26. The lowest BCUT2D eigenvalue weighted by molar-refractivity contribution is -0.140. The Hall–Kier alpha value is -2.05. The number of hydrogen-bond donors (Lipinski definition) is 2. The molecule has 0 aromatic carbocycles. The quantitative estimate of drug-likeness (QED) is 0.257. The summed E-state index contributed by atoms with van der Waals surface area (Å²) in [4.78, 5) is 15.7. The maximum Gasteiger partial charge on any atom is 0.305 e. The van der Waals surface area contributed by atoms with Crippen LogP contribution in [-0.2, 0) is 16.1 Å². The SMILES string of the molecule is CCNC(=NCCCn1nc(C)cc1C)NCCCCCCC(=O)OC. The Morgan fingerprint density at radius 3 is 2.62 bits per heavy atom. The fourth-order valence-electron chi connectivity index (χ4n) is 2.71. The zero-order valence-corrected chi connectivity index (χ0v) is 16.8. The number of rotatable bonds is 12. The highest BCUT2D eigenvalue weighted by Crippen LogP contribution is 2.04. The van der Waals surface area contributed by atoms with Crippen molar-refractivity contribution in [2.75, 3.05) is 26.7 Å². The predicted octanol–water partition coefficient (Wildman–Crippen LogP) is 2.57. The number of hydrogen-bond acceptors (Lipinski definition) is 4. The number of aliphatic imine (C=N–C) groups is 1. The summed E-state index contributed by atoms with van der Waals surface area (Å²) in [6, 6.07) is 2.10. The third-order valence-electron chi connectivity index (χ3n) is 4.07. The van der Waals surface area contributed by atoms with Gasteiger partial charge in [-0.1, -0.05) is 12.8 Å². The number of carbonyl (C=O) groups excluding carboxylic acids is 1. The zero-order valence-electron chi connectivity index (χ0n) is 16.8. The van der Waals surface area contributed by atoms with Crippen molar-refractivity contribution in [3.05, 3.63) is 17.5 Å². The fraction of sp³-hybridized carbons (Fsp3) is 0.737. The third kappa shape index (κ3) is 9.44. The summed E-state index contributed by atoms with van der Waals surface area (Å²) in [6.07, 6.45) is 5.59. The molecule has 1 heterocycles. The molecular formula is C19H35N5O2. The largest absolute Gasteiger partial charge is 0.469 e. The number of methoxy groups -OCH3 is 1. The Morgan fingerprint density at radius 2 is 1.96 bits per heavy atom. The van der Waals surface area contributed by atoms with Crippen molar-refractivity contribution in [1.82, 2.24) is 20.4 Å². The second-order valence-corrected chi connectivity index (χ2v) is 6.43. The van der Waals surface area contributed by atoms with E-state index in [1.165, 1.54) is 12.8 Å². The average Bonchev–Trinajstić information content (AvgIpc) is 2.94. The molecule has 0 amide bonds. The average molecular weight is 366 g/mol. The van der Waals surface area contributed by atoms with Crippen LogP contribution in [0.25, 0.3) is 0 Å². The van der Waals surface area contributed by atoms with E-state index in [1.807, 2.05) is 11.6 Å². The van der Waals surface area contributed by atoms with Gasteiger partial charge in [0, 0.05) is 38.3 Å². The predicted molar refractivity (Wildman–Crippen MR) is 105 cm³/mol. The van der Waals surface area contributed by atoms with Gasteiger partial charge in [0.1, 0.15) is 0 Å². The highest BCUT2D eigenvalue weighted by atomic mass is 16.5. The second kappa shape index (κ2) is 13.2. The van der Waals surface area contributed by atoms with E-state index < -0.39 is 0 Å². The molecule has 1 rings (SSSR count). The molecule has 7 nitrogen and oxygen atoms in total. The topological polar surface area (TPSA) is 80.5 Å². The molecular weight excluding hydrogens is 330 g/mol. The minimum atomic E-state index is -0.120. The minimum absolute atomic E-state index is 0.120. The van der Waals surface area contributed by atoms with Gasteiger partial charge >= 0.3 is 5.97 Å². The number of nitrogens with zero attached hydrogens (tertiary/aromatic N) is 3. The van der Waals surface area contributed by atoms with Crippen LogP contribution in [0.15, 0.2) is 11.1 Å². The summed E-state index contributed by atoms with van der Waals surface area (Å²) in [5, 5.41) is 11.1. The maximum atomic E-state index is 11.0. The van der Waals surface area contributed by atoms with Crippen LogP contribution in [0.1, 0.15) is 56.8 Å². The van der Waals surface area contributed by atoms with Crippen molar-refractivity contribution in [2.24, 2.45) is 4.99 Å². The van der Waals surface area contributed by atoms with Gasteiger partial charge in [0.05, 0.1) is 12.8 Å². The summed E-state index contributed by atoms with van der Waals surface area (Å²) in [5.74, 6) is 0.751. The van der Waals surface area contributed by atoms with Crippen LogP contribution in [0.2, 0.25) is 0 Å². The van der Waals surface area contributed by atoms with Crippen molar-refractivity contribution in [1.29, 1.82) is 0 Å². The van der Waals surface area contributed by atoms with E-state index in [0.717, 1.165) is 69.9 Å². The van der Waals surface area contributed by atoms with Crippen molar-refractivity contribution in [3.63, 3.8) is 0 Å². The van der Waals surface area contributed by atoms with Crippen molar-refractivity contribution in [3.8, 4) is 0 Å². The smallest absolute Gasteiger partial charge is 0.305 e. The summed E-state index contributed by atoms with van der Waals surface area (Å²) >= 11 is 0. The van der Waals surface area contributed by atoms with Crippen molar-refractivity contribution < 1.29 is 9.53 Å². The van der Waals surface area contributed by atoms with E-state index in [9.17, 15) is 4.79 Å². The number of nitrogens with one attached hydrogen (secondary N) is 2. The van der Waals surface area contributed by atoms with Crippen LogP contribution in [0.4, 0.5) is 0 Å². The number of carbonyl (C=O) groups is 1. The molecule has 2 N–H and O–H groups in total. The highest BCUT2D eigenvalue weighted by molar-refractivity contribution is 5.79. The molecule has 1 aromatic heterocycles. The minimum Gasteiger partial charge on any atom is -0.469 e. The number of unbranched alkanes of at least 4 members (excludes halogenated alkanes) is 3. The fourth-order valence-corrected chi connectivity index (χ4v) is 2.71. The Kier molecular flexibility index (Phi) is 11.2. The van der Waals surface area contributed by atoms with Gasteiger partial charge in [-0.3, -0.25) is 14.5 Å². The molecule has 0 unspecified atom stereocenters. The van der Waals surface area contributed by atoms with Crippen LogP contribution >= 0.6 is 0 Å². The lowest BCUT2D eigenvalue weighted by atomic mass is 10.1. The van der Waals surface area contributed by atoms with Gasteiger partial charge in [0.2, 0.25) is 0 Å². The van der Waals surface area contributed by atoms with Gasteiger partial charge in [0.15, 0.2) is 5.96 Å². The zero-order chi connectivity index (χ0) is 19.2. The first-order valence-corrected chi connectivity index (χ1v) is 9.66. The number of ether oxygens (including phenoxy) is 1. The molecule has 0 aliphatic heterocycles. The van der Waals surface area contributed by atoms with Gasteiger partial charge < -0.3 is 15.4 Å². The van der Waals surface area contributed by atoms with E-state index >= 15 is 0 Å². The normalized spacial score (nSPS) is 11.5.